The molecule has 1 aromatic heterocycles. The Bertz CT molecular complexity index is 712. The smallest absolute Gasteiger partial charge is 0.254 e. The number of benzene rings is 1. The summed E-state index contributed by atoms with van der Waals surface area (Å²) < 4.78 is 13.2. The molecule has 1 fully saturated rings. The summed E-state index contributed by atoms with van der Waals surface area (Å²) in [4.78, 5) is 18.9. The molecule has 0 N–H and O–H groups in total. The van der Waals surface area contributed by atoms with Crippen LogP contribution in [0, 0.1) is 0 Å². The Hall–Kier alpha value is -2.18. The Balaban J connectivity index is 1.75. The first-order chi connectivity index (χ1) is 12.0. The van der Waals surface area contributed by atoms with Crippen LogP contribution in [0.15, 0.2) is 43.0 Å². The lowest BCUT2D eigenvalue weighted by molar-refractivity contribution is -0.143. The molecule has 25 heavy (non-hydrogen) atoms. The van der Waals surface area contributed by atoms with Gasteiger partial charge in [-0.3, -0.25) is 4.79 Å². The van der Waals surface area contributed by atoms with Gasteiger partial charge in [0.15, 0.2) is 0 Å². The first-order valence-corrected chi connectivity index (χ1v) is 8.47. The van der Waals surface area contributed by atoms with Crippen molar-refractivity contribution in [1.82, 2.24) is 14.5 Å². The van der Waals surface area contributed by atoms with E-state index in [0.717, 1.165) is 5.56 Å². The third-order valence-electron chi connectivity index (χ3n) is 4.22. The normalized spacial score (nSPS) is 19.8. The number of morpholine rings is 1. The minimum absolute atomic E-state index is 0.0324. The van der Waals surface area contributed by atoms with Crippen LogP contribution in [0.1, 0.15) is 29.8 Å². The SMILES string of the molecule is COC[C@@H]1CN(C(=O)c2cccc(Cn3ccnc3)c2)CC(C)(C)O1. The number of hydrogen-bond donors (Lipinski definition) is 0. The predicted molar refractivity (Wildman–Crippen MR) is 94.5 cm³/mol. The van der Waals surface area contributed by atoms with Gasteiger partial charge in [-0.1, -0.05) is 12.1 Å². The molecule has 0 bridgehead atoms. The maximum atomic E-state index is 13.0. The maximum Gasteiger partial charge on any atom is 0.254 e. The average Bonchev–Trinajstić information content (AvgIpc) is 3.06. The lowest BCUT2D eigenvalue weighted by atomic mass is 10.0. The number of aromatic nitrogens is 2. The highest BCUT2D eigenvalue weighted by Gasteiger charge is 2.35. The first kappa shape index (κ1) is 17.6. The number of imidazole rings is 1. The molecule has 3 rings (SSSR count). The van der Waals surface area contributed by atoms with E-state index in [2.05, 4.69) is 4.98 Å². The van der Waals surface area contributed by atoms with Crippen LogP contribution >= 0.6 is 0 Å². The predicted octanol–water partition coefficient (Wildman–Crippen LogP) is 2.20. The van der Waals surface area contributed by atoms with Crippen molar-refractivity contribution >= 4 is 5.91 Å². The van der Waals surface area contributed by atoms with Gasteiger partial charge in [0.1, 0.15) is 0 Å². The fraction of sp³-hybridized carbons (Fsp3) is 0.474. The van der Waals surface area contributed by atoms with E-state index in [9.17, 15) is 4.79 Å². The zero-order valence-electron chi connectivity index (χ0n) is 15.0. The molecular formula is C19H25N3O3. The van der Waals surface area contributed by atoms with Crippen molar-refractivity contribution in [2.45, 2.75) is 32.1 Å². The van der Waals surface area contributed by atoms with E-state index in [-0.39, 0.29) is 17.6 Å². The average molecular weight is 343 g/mol. The van der Waals surface area contributed by atoms with Gasteiger partial charge in [0.25, 0.3) is 5.91 Å². The number of rotatable bonds is 5. The number of hydrogen-bond acceptors (Lipinski definition) is 4. The summed E-state index contributed by atoms with van der Waals surface area (Å²) in [6.07, 6.45) is 5.33. The highest BCUT2D eigenvalue weighted by Crippen LogP contribution is 2.23. The van der Waals surface area contributed by atoms with Gasteiger partial charge in [0.05, 0.1) is 24.6 Å². The Kier molecular flexibility index (Phi) is 5.20. The monoisotopic (exact) mass is 343 g/mol. The third kappa shape index (κ3) is 4.46. The largest absolute Gasteiger partial charge is 0.382 e. The van der Waals surface area contributed by atoms with Gasteiger partial charge >= 0.3 is 0 Å². The van der Waals surface area contributed by atoms with Crippen LogP contribution in [0.4, 0.5) is 0 Å². The van der Waals surface area contributed by atoms with Gasteiger partial charge in [0.2, 0.25) is 0 Å². The number of carbonyl (C=O) groups is 1. The summed E-state index contributed by atoms with van der Waals surface area (Å²) in [6.45, 7) is 6.30. The van der Waals surface area contributed by atoms with E-state index in [1.807, 2.05) is 53.8 Å². The van der Waals surface area contributed by atoms with Crippen LogP contribution in [0.5, 0.6) is 0 Å². The molecule has 6 nitrogen and oxygen atoms in total. The Morgan fingerprint density at radius 2 is 2.28 bits per heavy atom. The number of methoxy groups -OCH3 is 1. The van der Waals surface area contributed by atoms with Gasteiger partial charge in [-0.25, -0.2) is 4.98 Å². The van der Waals surface area contributed by atoms with Crippen molar-refractivity contribution in [3.8, 4) is 0 Å². The summed E-state index contributed by atoms with van der Waals surface area (Å²) in [6, 6.07) is 7.77. The summed E-state index contributed by atoms with van der Waals surface area (Å²) in [5, 5.41) is 0. The number of carbonyl (C=O) groups excluding carboxylic acids is 1. The highest BCUT2D eigenvalue weighted by molar-refractivity contribution is 5.94. The molecule has 0 aliphatic carbocycles. The van der Waals surface area contributed by atoms with Crippen molar-refractivity contribution in [3.05, 3.63) is 54.1 Å². The molecule has 1 amide bonds. The van der Waals surface area contributed by atoms with Gasteiger partial charge in [0, 0.05) is 44.7 Å². The lowest BCUT2D eigenvalue weighted by Crippen LogP contribution is -2.55. The van der Waals surface area contributed by atoms with Crippen LogP contribution in [-0.2, 0) is 16.0 Å². The summed E-state index contributed by atoms with van der Waals surface area (Å²) in [5.74, 6) is 0.0324. The molecule has 0 radical (unpaired) electrons. The first-order valence-electron chi connectivity index (χ1n) is 8.47. The maximum absolute atomic E-state index is 13.0. The molecule has 1 aromatic carbocycles. The zero-order chi connectivity index (χ0) is 17.9. The van der Waals surface area contributed by atoms with Gasteiger partial charge in [-0.2, -0.15) is 0 Å². The molecule has 0 saturated carbocycles. The molecule has 6 heteroatoms. The Labute approximate surface area is 148 Å². The summed E-state index contributed by atoms with van der Waals surface area (Å²) in [7, 11) is 1.65. The minimum Gasteiger partial charge on any atom is -0.382 e. The van der Waals surface area contributed by atoms with Crippen LogP contribution in [0.25, 0.3) is 0 Å². The van der Waals surface area contributed by atoms with E-state index < -0.39 is 0 Å². The fourth-order valence-corrected chi connectivity index (χ4v) is 3.30. The minimum atomic E-state index is -0.383. The molecule has 0 spiro atoms. The molecule has 134 valence electrons. The zero-order valence-corrected chi connectivity index (χ0v) is 15.0. The molecule has 1 saturated heterocycles. The molecule has 2 aromatic rings. The van der Waals surface area contributed by atoms with E-state index in [0.29, 0.717) is 31.8 Å². The van der Waals surface area contributed by atoms with Crippen molar-refractivity contribution in [3.63, 3.8) is 0 Å². The molecule has 0 unspecified atom stereocenters. The summed E-state index contributed by atoms with van der Waals surface area (Å²) in [5.41, 5.74) is 1.39. The summed E-state index contributed by atoms with van der Waals surface area (Å²) >= 11 is 0. The highest BCUT2D eigenvalue weighted by atomic mass is 16.5. The molecule has 1 aliphatic heterocycles. The van der Waals surface area contributed by atoms with Crippen LogP contribution in [0.2, 0.25) is 0 Å². The molecule has 1 atom stereocenters. The van der Waals surface area contributed by atoms with Gasteiger partial charge in [-0.05, 0) is 31.5 Å². The standard InChI is InChI=1S/C19H25N3O3/c1-19(2)13-22(11-17(25-19)12-24-3)18(23)16-6-4-5-15(9-16)10-21-8-7-20-14-21/h4-9,14,17H,10-13H2,1-3H3/t17-/m0/s1. The van der Waals surface area contributed by atoms with E-state index in [1.165, 1.54) is 0 Å². The number of ether oxygens (including phenoxy) is 2. The van der Waals surface area contributed by atoms with E-state index in [1.54, 1.807) is 19.6 Å². The second kappa shape index (κ2) is 7.37. The quantitative estimate of drug-likeness (QED) is 0.835. The topological polar surface area (TPSA) is 56.6 Å². The van der Waals surface area contributed by atoms with Crippen LogP contribution in [0.3, 0.4) is 0 Å². The van der Waals surface area contributed by atoms with Gasteiger partial charge < -0.3 is 18.9 Å². The van der Waals surface area contributed by atoms with Crippen molar-refractivity contribution < 1.29 is 14.3 Å². The number of nitrogens with zero attached hydrogens (tertiary/aromatic N) is 3. The van der Waals surface area contributed by atoms with E-state index in [4.69, 9.17) is 9.47 Å². The number of amides is 1. The second-order valence-corrected chi connectivity index (χ2v) is 7.08. The van der Waals surface area contributed by atoms with Crippen LogP contribution in [-0.4, -0.2) is 58.9 Å². The Morgan fingerprint density at radius 3 is 3.00 bits per heavy atom. The fourth-order valence-electron chi connectivity index (χ4n) is 3.30. The third-order valence-corrected chi connectivity index (χ3v) is 4.22. The molecule has 1 aliphatic rings. The van der Waals surface area contributed by atoms with Crippen molar-refractivity contribution in [1.29, 1.82) is 0 Å². The molecule has 2 heterocycles. The van der Waals surface area contributed by atoms with Crippen molar-refractivity contribution in [2.24, 2.45) is 0 Å². The Morgan fingerprint density at radius 1 is 1.44 bits per heavy atom. The van der Waals surface area contributed by atoms with Crippen LogP contribution < -0.4 is 0 Å². The van der Waals surface area contributed by atoms with Gasteiger partial charge in [-0.15, -0.1) is 0 Å². The van der Waals surface area contributed by atoms with Crippen molar-refractivity contribution in [2.75, 3.05) is 26.8 Å². The van der Waals surface area contributed by atoms with E-state index >= 15 is 0 Å². The second-order valence-electron chi connectivity index (χ2n) is 7.08. The lowest BCUT2D eigenvalue weighted by Gasteiger charge is -2.42. The molecular weight excluding hydrogens is 318 g/mol.